The van der Waals surface area contributed by atoms with Crippen molar-refractivity contribution >= 4 is 23.2 Å². The lowest BCUT2D eigenvalue weighted by atomic mass is 9.97. The molecule has 1 aliphatic rings. The molecule has 0 atom stereocenters. The molecule has 3 N–H and O–H groups in total. The molecule has 0 spiro atoms. The van der Waals surface area contributed by atoms with Crippen LogP contribution in [0.15, 0.2) is 73.3 Å². The van der Waals surface area contributed by atoms with Crippen molar-refractivity contribution in [2.24, 2.45) is 0 Å². The number of amides is 2. The molecule has 3 aromatic carbocycles. The number of nitrogens with two attached hydrogens (primary N) is 1. The Morgan fingerprint density at radius 1 is 1.05 bits per heavy atom. The van der Waals surface area contributed by atoms with Crippen LogP contribution in [0.1, 0.15) is 31.8 Å². The average Bonchev–Trinajstić information content (AvgIpc) is 3.23. The van der Waals surface area contributed by atoms with Gasteiger partial charge in [-0.15, -0.1) is 0 Å². The second-order valence-corrected chi connectivity index (χ2v) is 8.54. The normalized spacial score (nSPS) is 12.3. The number of nitrogens with zero attached hydrogens (tertiary/aromatic N) is 3. The number of methoxy groups -OCH3 is 2. The summed E-state index contributed by atoms with van der Waals surface area (Å²) in [6.45, 7) is 0.755. The zero-order valence-electron chi connectivity index (χ0n) is 20.4. The fourth-order valence-electron chi connectivity index (χ4n) is 4.47. The number of fused-ring (bicyclic) bond motifs is 1. The maximum Gasteiger partial charge on any atom is 0.255 e. The molecule has 37 heavy (non-hydrogen) atoms. The van der Waals surface area contributed by atoms with Crippen LogP contribution in [0.25, 0.3) is 11.1 Å². The Bertz CT molecular complexity index is 1470. The molecular weight excluding hydrogens is 470 g/mol. The number of benzene rings is 3. The van der Waals surface area contributed by atoms with E-state index in [9.17, 15) is 9.59 Å². The molecule has 0 aliphatic carbocycles. The van der Waals surface area contributed by atoms with Crippen LogP contribution in [-0.2, 0) is 13.1 Å². The van der Waals surface area contributed by atoms with Gasteiger partial charge in [0, 0.05) is 47.7 Å². The van der Waals surface area contributed by atoms with Crippen molar-refractivity contribution in [3.05, 3.63) is 95.6 Å². The van der Waals surface area contributed by atoms with Gasteiger partial charge in [0.05, 0.1) is 25.6 Å². The number of ether oxygens (including phenoxy) is 2. The molecule has 0 fully saturated rings. The number of hydrogen-bond donors (Lipinski definition) is 2. The molecule has 9 heteroatoms. The smallest absolute Gasteiger partial charge is 0.255 e. The molecule has 2 amide bonds. The molecule has 1 aromatic heterocycles. The van der Waals surface area contributed by atoms with Gasteiger partial charge in [-0.3, -0.25) is 9.59 Å². The molecule has 186 valence electrons. The summed E-state index contributed by atoms with van der Waals surface area (Å²) >= 11 is 0. The fourth-order valence-corrected chi connectivity index (χ4v) is 4.47. The van der Waals surface area contributed by atoms with Crippen LogP contribution in [0.4, 0.5) is 11.4 Å². The van der Waals surface area contributed by atoms with E-state index in [1.54, 1.807) is 60.8 Å². The lowest BCUT2D eigenvalue weighted by Crippen LogP contribution is -2.23. The first kappa shape index (κ1) is 23.8. The lowest BCUT2D eigenvalue weighted by Gasteiger charge is -2.17. The number of hydrogen-bond acceptors (Lipinski definition) is 7. The van der Waals surface area contributed by atoms with Crippen molar-refractivity contribution in [3.63, 3.8) is 0 Å². The first-order valence-corrected chi connectivity index (χ1v) is 11.6. The Morgan fingerprint density at radius 2 is 1.78 bits per heavy atom. The standard InChI is InChI=1S/C28H25N5O4/c1-36-24-11-20-21(25(26(24)37-2)19-12-30-16-31-13-19)15-33(28(20)35)14-17-7-9-18(10-8-17)27(34)32-23-6-4-3-5-22(23)29/h3-13,16H,14-15,29H2,1-2H3,(H,32,34). The summed E-state index contributed by atoms with van der Waals surface area (Å²) in [5.74, 6) is 0.614. The number of carbonyl (C=O) groups is 2. The van der Waals surface area contributed by atoms with Crippen molar-refractivity contribution in [2.75, 3.05) is 25.3 Å². The minimum atomic E-state index is -0.261. The first-order chi connectivity index (χ1) is 18.0. The summed E-state index contributed by atoms with van der Waals surface area (Å²) in [5.41, 5.74) is 11.2. The van der Waals surface area contributed by atoms with Crippen molar-refractivity contribution < 1.29 is 19.1 Å². The Hall–Kier alpha value is -4.92. The predicted molar refractivity (Wildman–Crippen MR) is 139 cm³/mol. The van der Waals surface area contributed by atoms with Crippen molar-refractivity contribution in [3.8, 4) is 22.6 Å². The van der Waals surface area contributed by atoms with Crippen LogP contribution in [0.5, 0.6) is 11.5 Å². The monoisotopic (exact) mass is 495 g/mol. The van der Waals surface area contributed by atoms with E-state index in [2.05, 4.69) is 15.3 Å². The Morgan fingerprint density at radius 3 is 2.46 bits per heavy atom. The van der Waals surface area contributed by atoms with E-state index >= 15 is 0 Å². The number of para-hydroxylation sites is 2. The highest BCUT2D eigenvalue weighted by molar-refractivity contribution is 6.06. The topological polar surface area (TPSA) is 120 Å². The SMILES string of the molecule is COc1cc2c(c(-c3cncnc3)c1OC)CN(Cc1ccc(C(=O)Nc3ccccc3N)cc1)C2=O. The number of rotatable bonds is 7. The van der Waals surface area contributed by atoms with Crippen molar-refractivity contribution in [1.29, 1.82) is 0 Å². The van der Waals surface area contributed by atoms with E-state index in [4.69, 9.17) is 15.2 Å². The van der Waals surface area contributed by atoms with Crippen molar-refractivity contribution in [2.45, 2.75) is 13.1 Å². The first-order valence-electron chi connectivity index (χ1n) is 11.6. The summed E-state index contributed by atoms with van der Waals surface area (Å²) in [7, 11) is 3.10. The molecule has 9 nitrogen and oxygen atoms in total. The van der Waals surface area contributed by atoms with E-state index in [0.29, 0.717) is 47.1 Å². The van der Waals surface area contributed by atoms with Crippen LogP contribution in [0.2, 0.25) is 0 Å². The van der Waals surface area contributed by atoms with E-state index in [-0.39, 0.29) is 11.8 Å². The van der Waals surface area contributed by atoms with E-state index in [0.717, 1.165) is 22.3 Å². The van der Waals surface area contributed by atoms with Gasteiger partial charge in [-0.1, -0.05) is 24.3 Å². The quantitative estimate of drug-likeness (QED) is 0.370. The highest BCUT2D eigenvalue weighted by Crippen LogP contribution is 2.45. The summed E-state index contributed by atoms with van der Waals surface area (Å²) in [5, 5.41) is 2.82. The molecule has 0 bridgehead atoms. The summed E-state index contributed by atoms with van der Waals surface area (Å²) in [6, 6.07) is 15.9. The van der Waals surface area contributed by atoms with Gasteiger partial charge in [-0.25, -0.2) is 9.97 Å². The van der Waals surface area contributed by atoms with Gasteiger partial charge in [-0.2, -0.15) is 0 Å². The minimum Gasteiger partial charge on any atom is -0.493 e. The maximum atomic E-state index is 13.4. The van der Waals surface area contributed by atoms with Gasteiger partial charge in [0.2, 0.25) is 0 Å². The largest absolute Gasteiger partial charge is 0.493 e. The molecule has 0 radical (unpaired) electrons. The summed E-state index contributed by atoms with van der Waals surface area (Å²) < 4.78 is 11.2. The van der Waals surface area contributed by atoms with E-state index in [1.165, 1.54) is 13.4 Å². The third kappa shape index (κ3) is 4.54. The highest BCUT2D eigenvalue weighted by atomic mass is 16.5. The molecule has 2 heterocycles. The predicted octanol–water partition coefficient (Wildman–Crippen LogP) is 4.15. The lowest BCUT2D eigenvalue weighted by molar-refractivity contribution is 0.0766. The van der Waals surface area contributed by atoms with Gasteiger partial charge in [-0.05, 0) is 41.5 Å². The molecule has 0 saturated carbocycles. The molecule has 5 rings (SSSR count). The van der Waals surface area contributed by atoms with Crippen LogP contribution in [-0.4, -0.2) is 40.9 Å². The van der Waals surface area contributed by atoms with E-state index in [1.807, 2.05) is 18.2 Å². The third-order valence-electron chi connectivity index (χ3n) is 6.29. The number of nitrogens with one attached hydrogen (secondary N) is 1. The van der Waals surface area contributed by atoms with Gasteiger partial charge < -0.3 is 25.4 Å². The van der Waals surface area contributed by atoms with E-state index < -0.39 is 0 Å². The second-order valence-electron chi connectivity index (χ2n) is 8.54. The molecule has 0 saturated heterocycles. The Kier molecular flexibility index (Phi) is 6.42. The minimum absolute atomic E-state index is 0.115. The zero-order chi connectivity index (χ0) is 25.9. The van der Waals surface area contributed by atoms with Crippen LogP contribution in [0.3, 0.4) is 0 Å². The van der Waals surface area contributed by atoms with Crippen molar-refractivity contribution in [1.82, 2.24) is 14.9 Å². The molecule has 1 aliphatic heterocycles. The number of anilines is 2. The third-order valence-corrected chi connectivity index (χ3v) is 6.29. The molecule has 4 aromatic rings. The van der Waals surface area contributed by atoms with Crippen LogP contribution >= 0.6 is 0 Å². The molecular formula is C28H25N5O4. The second kappa shape index (κ2) is 9.98. The highest BCUT2D eigenvalue weighted by Gasteiger charge is 2.33. The van der Waals surface area contributed by atoms with Gasteiger partial charge in [0.1, 0.15) is 6.33 Å². The number of carbonyl (C=O) groups excluding carboxylic acids is 2. The number of nitrogen functional groups attached to an aromatic ring is 1. The van der Waals surface area contributed by atoms with Crippen LogP contribution in [0, 0.1) is 0 Å². The van der Waals surface area contributed by atoms with Gasteiger partial charge >= 0.3 is 0 Å². The zero-order valence-corrected chi connectivity index (χ0v) is 20.4. The average molecular weight is 496 g/mol. The maximum absolute atomic E-state index is 13.4. The van der Waals surface area contributed by atoms with Gasteiger partial charge in [0.25, 0.3) is 11.8 Å². The Balaban J connectivity index is 1.38. The number of aromatic nitrogens is 2. The Labute approximate surface area is 213 Å². The molecule has 0 unspecified atom stereocenters. The summed E-state index contributed by atoms with van der Waals surface area (Å²) in [4.78, 5) is 36.0. The fraction of sp³-hybridized carbons (Fsp3) is 0.143. The van der Waals surface area contributed by atoms with Crippen LogP contribution < -0.4 is 20.5 Å². The summed E-state index contributed by atoms with van der Waals surface area (Å²) in [6.07, 6.45) is 4.82. The van der Waals surface area contributed by atoms with Gasteiger partial charge in [0.15, 0.2) is 11.5 Å².